The van der Waals surface area contributed by atoms with Crippen LogP contribution in [-0.4, -0.2) is 9.55 Å². The first-order valence-corrected chi connectivity index (χ1v) is 7.77. The lowest BCUT2D eigenvalue weighted by Gasteiger charge is -2.22. The van der Waals surface area contributed by atoms with Gasteiger partial charge in [0.15, 0.2) is 11.6 Å². The van der Waals surface area contributed by atoms with E-state index < -0.39 is 11.6 Å². The quantitative estimate of drug-likeness (QED) is 0.722. The molecule has 0 amide bonds. The first-order chi connectivity index (χ1) is 9.85. The average Bonchev–Trinajstić information content (AvgIpc) is 3.10. The Kier molecular flexibility index (Phi) is 3.47. The lowest BCUT2D eigenvalue weighted by Crippen LogP contribution is -2.20. The highest BCUT2D eigenvalue weighted by Gasteiger charge is 2.46. The minimum atomic E-state index is -0.841. The van der Waals surface area contributed by atoms with Gasteiger partial charge >= 0.3 is 0 Å². The van der Waals surface area contributed by atoms with Crippen LogP contribution in [0.25, 0.3) is 11.0 Å². The Morgan fingerprint density at radius 1 is 1.29 bits per heavy atom. The molecule has 5 heteroatoms. The summed E-state index contributed by atoms with van der Waals surface area (Å²) in [6.07, 6.45) is 2.22. The van der Waals surface area contributed by atoms with E-state index in [1.165, 1.54) is 6.07 Å². The zero-order valence-corrected chi connectivity index (χ0v) is 13.2. The van der Waals surface area contributed by atoms with Gasteiger partial charge in [-0.05, 0) is 43.2 Å². The van der Waals surface area contributed by atoms with Gasteiger partial charge in [-0.3, -0.25) is 0 Å². The highest BCUT2D eigenvalue weighted by Crippen LogP contribution is 2.53. The van der Waals surface area contributed by atoms with Crippen LogP contribution in [0.15, 0.2) is 12.1 Å². The number of nitrogens with zero attached hydrogens (tertiary/aromatic N) is 2. The molecule has 0 bridgehead atoms. The number of imidazole rings is 1. The van der Waals surface area contributed by atoms with Crippen LogP contribution in [0.5, 0.6) is 0 Å². The molecule has 114 valence electrons. The van der Waals surface area contributed by atoms with Gasteiger partial charge in [0.25, 0.3) is 0 Å². The first-order valence-electron chi connectivity index (χ1n) is 7.34. The highest BCUT2D eigenvalue weighted by atomic mass is 35.5. The van der Waals surface area contributed by atoms with Crippen LogP contribution >= 0.6 is 11.6 Å². The number of aromatic nitrogens is 2. The molecule has 1 aliphatic rings. The summed E-state index contributed by atoms with van der Waals surface area (Å²) < 4.78 is 29.6. The average molecular weight is 313 g/mol. The number of hydrogen-bond acceptors (Lipinski definition) is 1. The number of rotatable bonds is 4. The second-order valence-corrected chi connectivity index (χ2v) is 7.07. The van der Waals surface area contributed by atoms with Crippen molar-refractivity contribution in [2.45, 2.75) is 45.5 Å². The standard InChI is InChI=1S/C16H19ClF2N2/c1-9(2)16(6-7-16)8-21-14-12(20-15(21)10(3)17)5-4-11(18)13(14)19/h4-5,9-10H,6-8H2,1-3H3. The van der Waals surface area contributed by atoms with E-state index in [9.17, 15) is 8.78 Å². The molecule has 1 heterocycles. The number of fused-ring (bicyclic) bond motifs is 1. The molecular weight excluding hydrogens is 294 g/mol. The SMILES string of the molecule is CC(Cl)c1nc2ccc(F)c(F)c2n1CC1(C(C)C)CC1. The van der Waals surface area contributed by atoms with Gasteiger partial charge in [-0.15, -0.1) is 11.6 Å². The third kappa shape index (κ3) is 2.33. The maximum absolute atomic E-state index is 14.3. The van der Waals surface area contributed by atoms with Gasteiger partial charge in [0.2, 0.25) is 0 Å². The van der Waals surface area contributed by atoms with Crippen molar-refractivity contribution in [1.29, 1.82) is 0 Å². The van der Waals surface area contributed by atoms with Crippen LogP contribution < -0.4 is 0 Å². The van der Waals surface area contributed by atoms with Gasteiger partial charge < -0.3 is 4.57 Å². The predicted octanol–water partition coefficient (Wildman–Crippen LogP) is 5.05. The lowest BCUT2D eigenvalue weighted by atomic mass is 9.92. The fraction of sp³-hybridized carbons (Fsp3) is 0.562. The van der Waals surface area contributed by atoms with Gasteiger partial charge in [-0.1, -0.05) is 13.8 Å². The summed E-state index contributed by atoms with van der Waals surface area (Å²) >= 11 is 6.20. The second-order valence-electron chi connectivity index (χ2n) is 6.42. The third-order valence-electron chi connectivity index (χ3n) is 4.77. The molecule has 21 heavy (non-hydrogen) atoms. The smallest absolute Gasteiger partial charge is 0.184 e. The van der Waals surface area contributed by atoms with E-state index in [0.29, 0.717) is 23.8 Å². The molecule has 1 saturated carbocycles. The van der Waals surface area contributed by atoms with Crippen molar-refractivity contribution in [3.05, 3.63) is 29.6 Å². The maximum Gasteiger partial charge on any atom is 0.184 e. The number of benzene rings is 1. The molecule has 2 nitrogen and oxygen atoms in total. The normalized spacial score (nSPS) is 18.4. The van der Waals surface area contributed by atoms with E-state index in [-0.39, 0.29) is 16.3 Å². The van der Waals surface area contributed by atoms with Gasteiger partial charge in [-0.25, -0.2) is 13.8 Å². The number of alkyl halides is 1. The van der Waals surface area contributed by atoms with Crippen molar-refractivity contribution < 1.29 is 8.78 Å². The van der Waals surface area contributed by atoms with E-state index in [1.807, 2.05) is 6.92 Å². The predicted molar refractivity (Wildman–Crippen MR) is 80.4 cm³/mol. The number of halogens is 3. The van der Waals surface area contributed by atoms with Crippen LogP contribution in [0.1, 0.15) is 44.8 Å². The minimum absolute atomic E-state index is 0.160. The van der Waals surface area contributed by atoms with Crippen LogP contribution in [0.4, 0.5) is 8.78 Å². The second kappa shape index (κ2) is 4.94. The molecule has 0 radical (unpaired) electrons. The summed E-state index contributed by atoms with van der Waals surface area (Å²) in [5.74, 6) is -0.567. The lowest BCUT2D eigenvalue weighted by molar-refractivity contribution is 0.307. The molecular formula is C16H19ClF2N2. The Balaban J connectivity index is 2.18. The molecule has 0 saturated heterocycles. The van der Waals surface area contributed by atoms with Crippen molar-refractivity contribution in [2.24, 2.45) is 11.3 Å². The Morgan fingerprint density at radius 2 is 1.95 bits per heavy atom. The molecule has 1 aromatic heterocycles. The molecule has 0 N–H and O–H groups in total. The Hall–Kier alpha value is -1.16. The van der Waals surface area contributed by atoms with E-state index >= 15 is 0 Å². The van der Waals surface area contributed by atoms with Crippen molar-refractivity contribution >= 4 is 22.6 Å². The summed E-state index contributed by atoms with van der Waals surface area (Å²) in [5, 5.41) is -0.345. The summed E-state index contributed by atoms with van der Waals surface area (Å²) in [6, 6.07) is 2.63. The summed E-state index contributed by atoms with van der Waals surface area (Å²) in [5.41, 5.74) is 0.868. The van der Waals surface area contributed by atoms with E-state index in [1.54, 1.807) is 4.57 Å². The van der Waals surface area contributed by atoms with Crippen LogP contribution in [0, 0.1) is 23.0 Å². The Labute approximate surface area is 128 Å². The first kappa shape index (κ1) is 14.8. The van der Waals surface area contributed by atoms with E-state index in [2.05, 4.69) is 18.8 Å². The van der Waals surface area contributed by atoms with E-state index in [4.69, 9.17) is 11.6 Å². The fourth-order valence-electron chi connectivity index (χ4n) is 3.03. The van der Waals surface area contributed by atoms with E-state index in [0.717, 1.165) is 18.9 Å². The fourth-order valence-corrected chi connectivity index (χ4v) is 3.20. The van der Waals surface area contributed by atoms with Crippen LogP contribution in [-0.2, 0) is 6.54 Å². The minimum Gasteiger partial charge on any atom is -0.324 e. The van der Waals surface area contributed by atoms with Crippen molar-refractivity contribution in [1.82, 2.24) is 9.55 Å². The largest absolute Gasteiger partial charge is 0.324 e. The Morgan fingerprint density at radius 3 is 2.48 bits per heavy atom. The summed E-state index contributed by atoms with van der Waals surface area (Å²) in [4.78, 5) is 4.41. The van der Waals surface area contributed by atoms with Gasteiger partial charge in [0.05, 0.1) is 10.9 Å². The van der Waals surface area contributed by atoms with Crippen LogP contribution in [0.2, 0.25) is 0 Å². The monoisotopic (exact) mass is 312 g/mol. The highest BCUT2D eigenvalue weighted by molar-refractivity contribution is 6.20. The van der Waals surface area contributed by atoms with Crippen molar-refractivity contribution in [2.75, 3.05) is 0 Å². The summed E-state index contributed by atoms with van der Waals surface area (Å²) in [7, 11) is 0. The zero-order chi connectivity index (χ0) is 15.4. The molecule has 3 rings (SSSR count). The molecule has 1 aromatic carbocycles. The molecule has 0 aliphatic heterocycles. The Bertz CT molecular complexity index is 687. The van der Waals surface area contributed by atoms with Gasteiger partial charge in [-0.2, -0.15) is 0 Å². The number of hydrogen-bond donors (Lipinski definition) is 0. The zero-order valence-electron chi connectivity index (χ0n) is 12.5. The van der Waals surface area contributed by atoms with Crippen molar-refractivity contribution in [3.8, 4) is 0 Å². The van der Waals surface area contributed by atoms with Crippen LogP contribution in [0.3, 0.4) is 0 Å². The van der Waals surface area contributed by atoms with Crippen molar-refractivity contribution in [3.63, 3.8) is 0 Å². The molecule has 1 atom stereocenters. The van der Waals surface area contributed by atoms with Gasteiger partial charge in [0, 0.05) is 6.54 Å². The summed E-state index contributed by atoms with van der Waals surface area (Å²) in [6.45, 7) is 6.80. The maximum atomic E-state index is 14.3. The molecule has 0 spiro atoms. The molecule has 1 unspecified atom stereocenters. The third-order valence-corrected chi connectivity index (χ3v) is 4.97. The molecule has 1 fully saturated rings. The molecule has 1 aliphatic carbocycles. The van der Waals surface area contributed by atoms with Gasteiger partial charge in [0.1, 0.15) is 11.3 Å². The molecule has 2 aromatic rings. The topological polar surface area (TPSA) is 17.8 Å².